The fraction of sp³-hybridized carbons (Fsp3) is 0.480. The van der Waals surface area contributed by atoms with Crippen LogP contribution in [0.2, 0.25) is 0 Å². The molecule has 2 aromatic carbocycles. The lowest BCUT2D eigenvalue weighted by Crippen LogP contribution is -2.54. The Hall–Kier alpha value is -3.22. The highest BCUT2D eigenvalue weighted by Gasteiger charge is 2.36. The van der Waals surface area contributed by atoms with Crippen molar-refractivity contribution in [2.45, 2.75) is 42.7 Å². The van der Waals surface area contributed by atoms with E-state index in [2.05, 4.69) is 10.0 Å². The molecular formula is C25H34N6O5S. The highest BCUT2D eigenvalue weighted by atomic mass is 32.2. The van der Waals surface area contributed by atoms with E-state index in [9.17, 15) is 23.1 Å². The number of likely N-dealkylation sites (tertiary alicyclic amines) is 2. The molecule has 12 heteroatoms. The molecule has 2 fully saturated rings. The molecule has 0 spiro atoms. The minimum Gasteiger partial charge on any atom is -0.394 e. The van der Waals surface area contributed by atoms with Crippen molar-refractivity contribution < 1.29 is 23.1 Å². The van der Waals surface area contributed by atoms with E-state index in [0.717, 1.165) is 17.2 Å². The molecule has 11 nitrogen and oxygen atoms in total. The first-order chi connectivity index (χ1) is 17.7. The predicted molar refractivity (Wildman–Crippen MR) is 139 cm³/mol. The number of aliphatic hydroxyl groups excluding tert-OH is 1. The van der Waals surface area contributed by atoms with Crippen LogP contribution in [-0.2, 0) is 19.6 Å². The van der Waals surface area contributed by atoms with E-state index >= 15 is 0 Å². The molecule has 2 amide bonds. The molecule has 4 rings (SSSR count). The molecule has 0 aromatic heterocycles. The second-order valence-corrected chi connectivity index (χ2v) is 11.3. The number of guanidine groups is 1. The van der Waals surface area contributed by atoms with E-state index in [1.165, 1.54) is 17.0 Å². The first kappa shape index (κ1) is 26.8. The number of benzene rings is 2. The van der Waals surface area contributed by atoms with E-state index in [1.54, 1.807) is 17.0 Å². The summed E-state index contributed by atoms with van der Waals surface area (Å²) in [6.45, 7) is 0.995. The van der Waals surface area contributed by atoms with Gasteiger partial charge in [-0.05, 0) is 48.6 Å². The number of hydrogen-bond acceptors (Lipinski definition) is 6. The lowest BCUT2D eigenvalue weighted by molar-refractivity contribution is -0.135. The van der Waals surface area contributed by atoms with E-state index < -0.39 is 28.6 Å². The first-order valence-electron chi connectivity index (χ1n) is 12.5. The average Bonchev–Trinajstić information content (AvgIpc) is 3.38. The van der Waals surface area contributed by atoms with Gasteiger partial charge in [0, 0.05) is 32.2 Å². The third-order valence-electron chi connectivity index (χ3n) is 7.11. The number of carbonyl (C=O) groups excluding carboxylic acids is 2. The second kappa shape index (κ2) is 11.4. The molecule has 0 aliphatic carbocycles. The molecule has 1 unspecified atom stereocenters. The van der Waals surface area contributed by atoms with Crippen LogP contribution in [0.5, 0.6) is 0 Å². The van der Waals surface area contributed by atoms with Crippen LogP contribution < -0.4 is 15.8 Å². The van der Waals surface area contributed by atoms with Crippen molar-refractivity contribution >= 4 is 38.6 Å². The number of nitrogens with two attached hydrogens (primary N) is 1. The van der Waals surface area contributed by atoms with Crippen LogP contribution in [0.3, 0.4) is 0 Å². The molecule has 37 heavy (non-hydrogen) atoms. The Morgan fingerprint density at radius 1 is 1.11 bits per heavy atom. The molecule has 3 atom stereocenters. The topological polar surface area (TPSA) is 169 Å². The number of rotatable bonds is 8. The molecule has 2 saturated heterocycles. The van der Waals surface area contributed by atoms with Gasteiger partial charge in [0.15, 0.2) is 5.96 Å². The number of nitrogens with zero attached hydrogens (tertiary/aromatic N) is 2. The summed E-state index contributed by atoms with van der Waals surface area (Å²) in [5, 5.41) is 22.1. The lowest BCUT2D eigenvalue weighted by atomic mass is 9.97. The van der Waals surface area contributed by atoms with Gasteiger partial charge in [-0.15, -0.1) is 0 Å². The Morgan fingerprint density at radius 2 is 1.84 bits per heavy atom. The van der Waals surface area contributed by atoms with Crippen molar-refractivity contribution in [2.75, 3.05) is 32.8 Å². The molecule has 2 aliphatic heterocycles. The first-order valence-corrected chi connectivity index (χ1v) is 14.0. The van der Waals surface area contributed by atoms with Crippen molar-refractivity contribution in [1.82, 2.24) is 19.8 Å². The minimum atomic E-state index is -4.07. The third-order valence-corrected chi connectivity index (χ3v) is 8.58. The Labute approximate surface area is 216 Å². The minimum absolute atomic E-state index is 0.00905. The van der Waals surface area contributed by atoms with Gasteiger partial charge in [0.1, 0.15) is 6.04 Å². The smallest absolute Gasteiger partial charge is 0.243 e. The van der Waals surface area contributed by atoms with Crippen LogP contribution in [-0.4, -0.2) is 86.0 Å². The van der Waals surface area contributed by atoms with Crippen LogP contribution in [0, 0.1) is 11.3 Å². The SMILES string of the molecule is N=C(N)N1CCCC(C(=O)NC[C@@H]2CCCN2C(=O)[C@H](CO)NS(=O)(=O)c2ccc3ccccc3c2)C1. The number of aliphatic hydroxyl groups is 1. The van der Waals surface area contributed by atoms with Crippen molar-refractivity contribution in [1.29, 1.82) is 5.41 Å². The van der Waals surface area contributed by atoms with Gasteiger partial charge >= 0.3 is 0 Å². The molecule has 2 aromatic rings. The quantitative estimate of drug-likeness (QED) is 0.240. The highest BCUT2D eigenvalue weighted by Crippen LogP contribution is 2.22. The fourth-order valence-electron chi connectivity index (χ4n) is 5.07. The Morgan fingerprint density at radius 3 is 2.57 bits per heavy atom. The maximum absolute atomic E-state index is 13.3. The zero-order valence-corrected chi connectivity index (χ0v) is 21.4. The van der Waals surface area contributed by atoms with E-state index in [-0.39, 0.29) is 35.3 Å². The number of hydrogen-bond donors (Lipinski definition) is 5. The number of nitrogens with one attached hydrogen (secondary N) is 3. The van der Waals surface area contributed by atoms with Crippen LogP contribution >= 0.6 is 0 Å². The van der Waals surface area contributed by atoms with Crippen molar-refractivity contribution in [3.8, 4) is 0 Å². The van der Waals surface area contributed by atoms with Crippen LogP contribution in [0.15, 0.2) is 47.4 Å². The average molecular weight is 531 g/mol. The summed E-state index contributed by atoms with van der Waals surface area (Å²) in [5.74, 6) is -1.02. The van der Waals surface area contributed by atoms with Gasteiger partial charge < -0.3 is 26.0 Å². The normalized spacial score (nSPS) is 21.1. The number of fused-ring (bicyclic) bond motifs is 1. The summed E-state index contributed by atoms with van der Waals surface area (Å²) in [4.78, 5) is 29.2. The Bertz CT molecular complexity index is 1270. The number of carbonyl (C=O) groups is 2. The maximum Gasteiger partial charge on any atom is 0.243 e. The third kappa shape index (κ3) is 6.20. The molecule has 6 N–H and O–H groups in total. The molecule has 0 radical (unpaired) electrons. The fourth-order valence-corrected chi connectivity index (χ4v) is 6.28. The monoisotopic (exact) mass is 530 g/mol. The molecule has 200 valence electrons. The number of sulfonamides is 1. The van der Waals surface area contributed by atoms with Gasteiger partial charge in [-0.3, -0.25) is 15.0 Å². The highest BCUT2D eigenvalue weighted by molar-refractivity contribution is 7.89. The number of amides is 2. The van der Waals surface area contributed by atoms with Crippen molar-refractivity contribution in [3.63, 3.8) is 0 Å². The second-order valence-electron chi connectivity index (χ2n) is 9.61. The molecule has 0 saturated carbocycles. The zero-order valence-electron chi connectivity index (χ0n) is 20.6. The van der Waals surface area contributed by atoms with Crippen molar-refractivity contribution in [3.05, 3.63) is 42.5 Å². The van der Waals surface area contributed by atoms with Gasteiger partial charge in [-0.25, -0.2) is 8.42 Å². The summed E-state index contributed by atoms with van der Waals surface area (Å²) in [5.41, 5.74) is 5.57. The van der Waals surface area contributed by atoms with E-state index in [4.69, 9.17) is 11.1 Å². The van der Waals surface area contributed by atoms with Crippen LogP contribution in [0.25, 0.3) is 10.8 Å². The van der Waals surface area contributed by atoms with Crippen LogP contribution in [0.4, 0.5) is 0 Å². The maximum atomic E-state index is 13.3. The molecular weight excluding hydrogens is 496 g/mol. The van der Waals surface area contributed by atoms with Crippen LogP contribution in [0.1, 0.15) is 25.7 Å². The largest absolute Gasteiger partial charge is 0.394 e. The molecule has 2 aliphatic rings. The van der Waals surface area contributed by atoms with Crippen molar-refractivity contribution in [2.24, 2.45) is 11.7 Å². The molecule has 0 bridgehead atoms. The predicted octanol–water partition coefficient (Wildman–Crippen LogP) is 0.192. The van der Waals surface area contributed by atoms with Gasteiger partial charge in [0.25, 0.3) is 0 Å². The Balaban J connectivity index is 1.38. The zero-order chi connectivity index (χ0) is 26.6. The summed E-state index contributed by atoms with van der Waals surface area (Å²) in [6, 6.07) is 10.4. The van der Waals surface area contributed by atoms with E-state index in [0.29, 0.717) is 38.9 Å². The van der Waals surface area contributed by atoms with E-state index in [1.807, 2.05) is 18.2 Å². The van der Waals surface area contributed by atoms with Gasteiger partial charge in [-0.2, -0.15) is 4.72 Å². The Kier molecular flexibility index (Phi) is 8.30. The molecule has 2 heterocycles. The van der Waals surface area contributed by atoms with Gasteiger partial charge in [0.05, 0.1) is 17.4 Å². The summed E-state index contributed by atoms with van der Waals surface area (Å²) in [7, 11) is -4.07. The van der Waals surface area contributed by atoms with Gasteiger partial charge in [-0.1, -0.05) is 30.3 Å². The summed E-state index contributed by atoms with van der Waals surface area (Å²) >= 11 is 0. The standard InChI is InChI=1S/C25H34N6O5S/c26-25(27)30-11-3-7-19(15-30)23(33)28-14-20-8-4-12-31(20)24(34)22(16-32)29-37(35,36)21-10-9-17-5-1-2-6-18(17)13-21/h1-2,5-6,9-10,13,19-20,22,29,32H,3-4,7-8,11-12,14-16H2,(H3,26,27)(H,28,33)/t19?,20-,22-/m0/s1. The lowest BCUT2D eigenvalue weighted by Gasteiger charge is -2.33. The number of piperidine rings is 1. The summed E-state index contributed by atoms with van der Waals surface area (Å²) < 4.78 is 28.4. The van der Waals surface area contributed by atoms with Gasteiger partial charge in [0.2, 0.25) is 21.8 Å². The summed E-state index contributed by atoms with van der Waals surface area (Å²) in [6.07, 6.45) is 2.84.